The summed E-state index contributed by atoms with van der Waals surface area (Å²) in [4.78, 5) is 37.4. The Morgan fingerprint density at radius 1 is 1.20 bits per heavy atom. The summed E-state index contributed by atoms with van der Waals surface area (Å²) in [6.07, 6.45) is 0.537. The molecule has 0 radical (unpaired) electrons. The Bertz CT molecular complexity index is 652. The molecule has 8 nitrogen and oxygen atoms in total. The van der Waals surface area contributed by atoms with Gasteiger partial charge in [0.25, 0.3) is 5.91 Å². The molecular formula is C17H23N3O5. The lowest BCUT2D eigenvalue weighted by molar-refractivity contribution is -0.131. The first-order valence-corrected chi connectivity index (χ1v) is 7.98. The van der Waals surface area contributed by atoms with Crippen molar-refractivity contribution in [2.75, 3.05) is 26.1 Å². The summed E-state index contributed by atoms with van der Waals surface area (Å²) in [6.45, 7) is 3.58. The highest BCUT2D eigenvalue weighted by molar-refractivity contribution is 6.07. The molecule has 1 unspecified atom stereocenters. The van der Waals surface area contributed by atoms with E-state index in [4.69, 9.17) is 9.47 Å². The number of benzene rings is 1. The van der Waals surface area contributed by atoms with Crippen LogP contribution in [0, 0.1) is 5.92 Å². The molecule has 1 aliphatic heterocycles. The highest BCUT2D eigenvalue weighted by Crippen LogP contribution is 2.25. The standard InChI is InChI=1S/C17H23N3O5/c1-10(2)5-14-16(22)20(17(23)19-14)9-15(21)18-11-6-12(24-3)8-13(7-11)25-4/h6-8,10,14H,5,9H2,1-4H3,(H,18,21)(H,19,23). The molecule has 8 heteroatoms. The van der Waals surface area contributed by atoms with Crippen LogP contribution in [0.2, 0.25) is 0 Å². The maximum Gasteiger partial charge on any atom is 0.325 e. The summed E-state index contributed by atoms with van der Waals surface area (Å²) in [5.41, 5.74) is 0.451. The topological polar surface area (TPSA) is 97.0 Å². The van der Waals surface area contributed by atoms with Crippen LogP contribution < -0.4 is 20.1 Å². The van der Waals surface area contributed by atoms with Crippen molar-refractivity contribution in [3.63, 3.8) is 0 Å². The van der Waals surface area contributed by atoms with Gasteiger partial charge in [-0.1, -0.05) is 13.8 Å². The molecule has 4 amide bonds. The van der Waals surface area contributed by atoms with Crippen LogP contribution in [0.1, 0.15) is 20.3 Å². The molecule has 1 atom stereocenters. The Labute approximate surface area is 146 Å². The number of nitrogens with zero attached hydrogens (tertiary/aromatic N) is 1. The number of methoxy groups -OCH3 is 2. The second-order valence-corrected chi connectivity index (χ2v) is 6.21. The summed E-state index contributed by atoms with van der Waals surface area (Å²) >= 11 is 0. The minimum atomic E-state index is -0.572. The third kappa shape index (κ3) is 4.62. The van der Waals surface area contributed by atoms with Gasteiger partial charge in [0.05, 0.1) is 14.2 Å². The number of nitrogens with one attached hydrogen (secondary N) is 2. The summed E-state index contributed by atoms with van der Waals surface area (Å²) in [7, 11) is 3.00. The minimum absolute atomic E-state index is 0.257. The van der Waals surface area contributed by atoms with Gasteiger partial charge in [-0.25, -0.2) is 4.79 Å². The van der Waals surface area contributed by atoms with Gasteiger partial charge >= 0.3 is 6.03 Å². The fourth-order valence-corrected chi connectivity index (χ4v) is 2.58. The molecule has 25 heavy (non-hydrogen) atoms. The molecular weight excluding hydrogens is 326 g/mol. The second kappa shape index (κ2) is 7.87. The van der Waals surface area contributed by atoms with Gasteiger partial charge in [0.2, 0.25) is 5.91 Å². The molecule has 1 saturated heterocycles. The van der Waals surface area contributed by atoms with Gasteiger partial charge in [0.1, 0.15) is 24.1 Å². The van der Waals surface area contributed by atoms with Crippen LogP contribution in [0.5, 0.6) is 11.5 Å². The molecule has 1 aromatic carbocycles. The first kappa shape index (κ1) is 18.6. The Kier molecular flexibility index (Phi) is 5.84. The lowest BCUT2D eigenvalue weighted by Crippen LogP contribution is -2.38. The van der Waals surface area contributed by atoms with E-state index >= 15 is 0 Å². The van der Waals surface area contributed by atoms with E-state index < -0.39 is 18.0 Å². The quantitative estimate of drug-likeness (QED) is 0.729. The van der Waals surface area contributed by atoms with Gasteiger partial charge in [-0.15, -0.1) is 0 Å². The summed E-state index contributed by atoms with van der Waals surface area (Å²) < 4.78 is 10.3. The fraction of sp³-hybridized carbons (Fsp3) is 0.471. The van der Waals surface area contributed by atoms with Crippen molar-refractivity contribution < 1.29 is 23.9 Å². The number of hydrogen-bond donors (Lipinski definition) is 2. The molecule has 1 heterocycles. The third-order valence-electron chi connectivity index (χ3n) is 3.75. The van der Waals surface area contributed by atoms with Gasteiger partial charge in [0, 0.05) is 23.9 Å². The van der Waals surface area contributed by atoms with Crippen molar-refractivity contribution in [2.45, 2.75) is 26.3 Å². The number of hydrogen-bond acceptors (Lipinski definition) is 5. The Morgan fingerprint density at radius 3 is 2.32 bits per heavy atom. The third-order valence-corrected chi connectivity index (χ3v) is 3.75. The lowest BCUT2D eigenvalue weighted by Gasteiger charge is -2.14. The van der Waals surface area contributed by atoms with Crippen molar-refractivity contribution in [1.29, 1.82) is 0 Å². The SMILES string of the molecule is COc1cc(NC(=O)CN2C(=O)NC(CC(C)C)C2=O)cc(OC)c1. The van der Waals surface area contributed by atoms with Crippen LogP contribution in [0.25, 0.3) is 0 Å². The van der Waals surface area contributed by atoms with Gasteiger partial charge in [-0.05, 0) is 12.3 Å². The van der Waals surface area contributed by atoms with Crippen molar-refractivity contribution in [3.05, 3.63) is 18.2 Å². The summed E-state index contributed by atoms with van der Waals surface area (Å²) in [5.74, 6) is 0.427. The van der Waals surface area contributed by atoms with E-state index in [0.717, 1.165) is 4.90 Å². The van der Waals surface area contributed by atoms with Crippen LogP contribution in [0.15, 0.2) is 18.2 Å². The zero-order chi connectivity index (χ0) is 18.6. The highest BCUT2D eigenvalue weighted by Gasteiger charge is 2.38. The van der Waals surface area contributed by atoms with E-state index in [9.17, 15) is 14.4 Å². The lowest BCUT2D eigenvalue weighted by atomic mass is 10.0. The van der Waals surface area contributed by atoms with Crippen molar-refractivity contribution >= 4 is 23.5 Å². The number of ether oxygens (including phenoxy) is 2. The minimum Gasteiger partial charge on any atom is -0.497 e. The summed E-state index contributed by atoms with van der Waals surface area (Å²) in [6, 6.07) is 3.79. The number of carbonyl (C=O) groups excluding carboxylic acids is 3. The molecule has 0 bridgehead atoms. The number of rotatable bonds is 7. The molecule has 0 aromatic heterocycles. The molecule has 1 fully saturated rings. The van der Waals surface area contributed by atoms with Crippen LogP contribution in [-0.4, -0.2) is 49.6 Å². The Hall–Kier alpha value is -2.77. The monoisotopic (exact) mass is 349 g/mol. The zero-order valence-corrected chi connectivity index (χ0v) is 14.8. The van der Waals surface area contributed by atoms with E-state index in [-0.39, 0.29) is 18.4 Å². The molecule has 0 spiro atoms. The first-order valence-electron chi connectivity index (χ1n) is 7.98. The van der Waals surface area contributed by atoms with Crippen LogP contribution in [0.3, 0.4) is 0 Å². The number of carbonyl (C=O) groups is 3. The molecule has 0 aliphatic carbocycles. The molecule has 2 N–H and O–H groups in total. The van der Waals surface area contributed by atoms with Gasteiger partial charge in [0.15, 0.2) is 0 Å². The van der Waals surface area contributed by atoms with Gasteiger partial charge < -0.3 is 20.1 Å². The number of amides is 4. The molecule has 1 aromatic rings. The Balaban J connectivity index is 2.03. The van der Waals surface area contributed by atoms with Gasteiger partial charge in [-0.3, -0.25) is 14.5 Å². The zero-order valence-electron chi connectivity index (χ0n) is 14.8. The van der Waals surface area contributed by atoms with E-state index in [1.165, 1.54) is 14.2 Å². The largest absolute Gasteiger partial charge is 0.497 e. The molecule has 136 valence electrons. The highest BCUT2D eigenvalue weighted by atomic mass is 16.5. The maximum atomic E-state index is 12.3. The van der Waals surface area contributed by atoms with E-state index in [2.05, 4.69) is 10.6 Å². The van der Waals surface area contributed by atoms with Crippen molar-refractivity contribution in [1.82, 2.24) is 10.2 Å². The number of imide groups is 1. The van der Waals surface area contributed by atoms with Crippen LogP contribution in [0.4, 0.5) is 10.5 Å². The van der Waals surface area contributed by atoms with Crippen molar-refractivity contribution in [2.24, 2.45) is 5.92 Å². The smallest absolute Gasteiger partial charge is 0.325 e. The number of anilines is 1. The van der Waals surface area contributed by atoms with E-state index in [1.54, 1.807) is 18.2 Å². The van der Waals surface area contributed by atoms with Gasteiger partial charge in [-0.2, -0.15) is 0 Å². The van der Waals surface area contributed by atoms with Crippen molar-refractivity contribution in [3.8, 4) is 11.5 Å². The fourth-order valence-electron chi connectivity index (χ4n) is 2.58. The molecule has 2 rings (SSSR count). The normalized spacial score (nSPS) is 16.8. The average molecular weight is 349 g/mol. The van der Waals surface area contributed by atoms with E-state index in [1.807, 2.05) is 13.8 Å². The predicted molar refractivity (Wildman–Crippen MR) is 91.7 cm³/mol. The maximum absolute atomic E-state index is 12.3. The second-order valence-electron chi connectivity index (χ2n) is 6.21. The summed E-state index contributed by atoms with van der Waals surface area (Å²) in [5, 5.41) is 5.25. The Morgan fingerprint density at radius 2 is 1.80 bits per heavy atom. The van der Waals surface area contributed by atoms with Crippen LogP contribution in [-0.2, 0) is 9.59 Å². The first-order chi connectivity index (χ1) is 11.8. The predicted octanol–water partition coefficient (Wildman–Crippen LogP) is 1.61. The molecule has 1 aliphatic rings. The molecule has 0 saturated carbocycles. The number of urea groups is 1. The van der Waals surface area contributed by atoms with E-state index in [0.29, 0.717) is 23.6 Å². The van der Waals surface area contributed by atoms with Crippen LogP contribution >= 0.6 is 0 Å². The average Bonchev–Trinajstić information content (AvgIpc) is 2.81.